The molecule has 8 rings (SSSR count). The molecule has 0 spiro atoms. The van der Waals surface area contributed by atoms with Crippen LogP contribution in [0.25, 0.3) is 55.3 Å². The van der Waals surface area contributed by atoms with Crippen molar-refractivity contribution >= 4 is 44.3 Å². The second-order valence-corrected chi connectivity index (χ2v) is 12.2. The van der Waals surface area contributed by atoms with Crippen molar-refractivity contribution in [3.63, 3.8) is 0 Å². The Labute approximate surface area is 278 Å². The zero-order valence-corrected chi connectivity index (χ0v) is 26.6. The second kappa shape index (κ2) is 11.6. The smallest absolute Gasteiger partial charge is 0.413 e. The average molecular weight is 654 g/mol. The van der Waals surface area contributed by atoms with E-state index in [4.69, 9.17) is 9.72 Å². The maximum atomic E-state index is 12.9. The number of aromatic amines is 1. The number of carbonyl (C=O) groups excluding carboxylic acids is 1. The molecule has 0 unspecified atom stereocenters. The first-order valence-corrected chi connectivity index (χ1v) is 15.8. The van der Waals surface area contributed by atoms with E-state index in [0.29, 0.717) is 35.8 Å². The minimum atomic E-state index is -0.577. The van der Waals surface area contributed by atoms with Crippen LogP contribution in [0.1, 0.15) is 25.3 Å². The molecular weight excluding hydrogens is 622 g/mol. The highest BCUT2D eigenvalue weighted by atomic mass is 16.6. The summed E-state index contributed by atoms with van der Waals surface area (Å²) in [6, 6.07) is 25.9. The molecule has 0 radical (unpaired) electrons. The van der Waals surface area contributed by atoms with E-state index in [1.807, 2.05) is 89.8 Å². The fraction of sp³-hybridized carbons (Fsp3) is 0.135. The average Bonchev–Trinajstić information content (AvgIpc) is 3.78. The summed E-state index contributed by atoms with van der Waals surface area (Å²) >= 11 is 0. The van der Waals surface area contributed by atoms with Gasteiger partial charge in [0.25, 0.3) is 0 Å². The molecule has 1 amide bonds. The van der Waals surface area contributed by atoms with Crippen LogP contribution in [0.15, 0.2) is 102 Å². The quantitative estimate of drug-likeness (QED) is 0.154. The molecular formula is C37H31N7O5. The van der Waals surface area contributed by atoms with Crippen molar-refractivity contribution in [2.75, 3.05) is 6.54 Å². The van der Waals surface area contributed by atoms with Gasteiger partial charge in [-0.2, -0.15) is 5.10 Å². The maximum Gasteiger partial charge on any atom is 0.413 e. The van der Waals surface area contributed by atoms with Crippen molar-refractivity contribution in [1.29, 1.82) is 0 Å². The third-order valence-corrected chi connectivity index (χ3v) is 8.77. The van der Waals surface area contributed by atoms with Crippen molar-refractivity contribution in [2.24, 2.45) is 0 Å². The number of ether oxygens (including phenoxy) is 1. The summed E-state index contributed by atoms with van der Waals surface area (Å²) in [6.07, 6.45) is 3.25. The van der Waals surface area contributed by atoms with E-state index in [0.717, 1.165) is 38.2 Å². The van der Waals surface area contributed by atoms with E-state index < -0.39 is 11.8 Å². The number of aromatic nitrogens is 6. The lowest BCUT2D eigenvalue weighted by Gasteiger charge is -2.13. The monoisotopic (exact) mass is 653 g/mol. The van der Waals surface area contributed by atoms with E-state index in [1.165, 1.54) is 10.6 Å². The Morgan fingerprint density at radius 2 is 1.78 bits per heavy atom. The number of phenolic OH excluding ortho intramolecular Hbond substituents is 2. The van der Waals surface area contributed by atoms with E-state index in [-0.39, 0.29) is 23.2 Å². The summed E-state index contributed by atoms with van der Waals surface area (Å²) in [5, 5.41) is 33.3. The fourth-order valence-electron chi connectivity index (χ4n) is 6.37. The Kier molecular flexibility index (Phi) is 7.06. The van der Waals surface area contributed by atoms with Gasteiger partial charge in [0.15, 0.2) is 5.82 Å². The van der Waals surface area contributed by atoms with Crippen molar-refractivity contribution in [3.8, 4) is 34.5 Å². The minimum Gasteiger partial charge on any atom is -0.508 e. The number of nitrogens with zero attached hydrogens (tertiary/aromatic N) is 5. The van der Waals surface area contributed by atoms with Gasteiger partial charge in [0.2, 0.25) is 5.88 Å². The lowest BCUT2D eigenvalue weighted by molar-refractivity contribution is 0.197. The molecule has 0 aliphatic rings. The first kappa shape index (κ1) is 29.8. The van der Waals surface area contributed by atoms with Crippen LogP contribution < -0.4 is 15.7 Å². The van der Waals surface area contributed by atoms with Gasteiger partial charge < -0.3 is 24.8 Å². The first-order chi connectivity index (χ1) is 23.7. The lowest BCUT2D eigenvalue weighted by atomic mass is 9.98. The number of nitrogens with one attached hydrogen (secondary N) is 2. The topological polar surface area (TPSA) is 152 Å². The van der Waals surface area contributed by atoms with Crippen LogP contribution in [0.3, 0.4) is 0 Å². The van der Waals surface area contributed by atoms with E-state index in [9.17, 15) is 19.8 Å². The molecule has 12 heteroatoms. The predicted octanol–water partition coefficient (Wildman–Crippen LogP) is 6.46. The molecule has 0 aliphatic heterocycles. The van der Waals surface area contributed by atoms with Gasteiger partial charge in [-0.3, -0.25) is 4.40 Å². The van der Waals surface area contributed by atoms with Gasteiger partial charge in [-0.1, -0.05) is 38.1 Å². The fourth-order valence-corrected chi connectivity index (χ4v) is 6.37. The zero-order valence-electron chi connectivity index (χ0n) is 26.6. The molecule has 0 fully saturated rings. The number of benzene rings is 3. The SMILES string of the molecule is CC(C)c1cc(-c2n[nH]c(=O)n2-c2ccc3c(ccn3CCNC(=O)Oc3cccc4c5nc6ccccc6cc5cn34)c2)c(O)cc1O. The van der Waals surface area contributed by atoms with Crippen LogP contribution in [0.2, 0.25) is 0 Å². The van der Waals surface area contributed by atoms with Crippen LogP contribution in [0.5, 0.6) is 17.4 Å². The summed E-state index contributed by atoms with van der Waals surface area (Å²) < 4.78 is 10.9. The number of aromatic hydroxyl groups is 2. The number of carbonyl (C=O) groups is 1. The molecule has 5 aromatic heterocycles. The number of hydrogen-bond acceptors (Lipinski definition) is 7. The Hall–Kier alpha value is -6.56. The highest BCUT2D eigenvalue weighted by molar-refractivity contribution is 6.01. The van der Waals surface area contributed by atoms with Crippen molar-refractivity contribution in [3.05, 3.63) is 113 Å². The summed E-state index contributed by atoms with van der Waals surface area (Å²) in [5.41, 5.74) is 4.50. The molecule has 4 N–H and O–H groups in total. The van der Waals surface area contributed by atoms with E-state index in [1.54, 1.807) is 18.2 Å². The third kappa shape index (κ3) is 5.19. The Balaban J connectivity index is 0.989. The molecule has 0 bridgehead atoms. The highest BCUT2D eigenvalue weighted by Crippen LogP contribution is 2.37. The Morgan fingerprint density at radius 1 is 0.918 bits per heavy atom. The number of phenols is 2. The van der Waals surface area contributed by atoms with E-state index >= 15 is 0 Å². The number of amides is 1. The number of H-pyrrole nitrogens is 1. The van der Waals surface area contributed by atoms with Crippen LogP contribution in [-0.2, 0) is 6.54 Å². The standard InChI is InChI=1S/C37H31N7O5/c1-21(2)26-18-27(32(46)19-31(26)45)35-40-41-36(47)44(35)25-10-11-29-23(17-25)12-14-42(29)15-13-38-37(48)49-33-9-5-8-30-34-24(20-43(30)33)16-22-6-3-4-7-28(22)39-34/h3-12,14,16-21,45-46H,13,15H2,1-2H3,(H,38,48)(H,41,47). The minimum absolute atomic E-state index is 0.0148. The molecule has 244 valence electrons. The van der Waals surface area contributed by atoms with Gasteiger partial charge in [-0.05, 0) is 66.1 Å². The number of pyridine rings is 2. The van der Waals surface area contributed by atoms with Gasteiger partial charge in [0.05, 0.1) is 27.8 Å². The zero-order chi connectivity index (χ0) is 33.8. The van der Waals surface area contributed by atoms with E-state index in [2.05, 4.69) is 21.6 Å². The highest BCUT2D eigenvalue weighted by Gasteiger charge is 2.20. The van der Waals surface area contributed by atoms with Crippen LogP contribution >= 0.6 is 0 Å². The Morgan fingerprint density at radius 3 is 2.63 bits per heavy atom. The number of fused-ring (bicyclic) bond motifs is 5. The largest absolute Gasteiger partial charge is 0.508 e. The normalized spacial score (nSPS) is 11.7. The van der Waals surface area contributed by atoms with Gasteiger partial charge in [0.1, 0.15) is 11.5 Å². The molecule has 0 atom stereocenters. The van der Waals surface area contributed by atoms with Crippen LogP contribution in [0.4, 0.5) is 4.79 Å². The molecule has 5 heterocycles. The van der Waals surface area contributed by atoms with Gasteiger partial charge in [-0.15, -0.1) is 0 Å². The molecule has 0 aliphatic carbocycles. The molecule has 0 saturated carbocycles. The molecule has 8 aromatic rings. The van der Waals surface area contributed by atoms with Crippen molar-refractivity contribution < 1.29 is 19.7 Å². The second-order valence-electron chi connectivity index (χ2n) is 12.2. The van der Waals surface area contributed by atoms with Crippen molar-refractivity contribution in [1.82, 2.24) is 34.0 Å². The third-order valence-electron chi connectivity index (χ3n) is 8.77. The first-order valence-electron chi connectivity index (χ1n) is 15.8. The number of hydrogen-bond donors (Lipinski definition) is 4. The van der Waals surface area contributed by atoms with Crippen LogP contribution in [0, 0.1) is 0 Å². The molecule has 12 nitrogen and oxygen atoms in total. The van der Waals surface area contributed by atoms with Gasteiger partial charge in [0, 0.05) is 53.2 Å². The lowest BCUT2D eigenvalue weighted by Crippen LogP contribution is -2.30. The summed E-state index contributed by atoms with van der Waals surface area (Å²) in [4.78, 5) is 30.6. The summed E-state index contributed by atoms with van der Waals surface area (Å²) in [6.45, 7) is 4.64. The molecule has 3 aromatic carbocycles. The van der Waals surface area contributed by atoms with Gasteiger partial charge in [-0.25, -0.2) is 24.2 Å². The summed E-state index contributed by atoms with van der Waals surface area (Å²) in [5.74, 6) is 0.373. The maximum absolute atomic E-state index is 12.9. The molecule has 0 saturated heterocycles. The molecule has 49 heavy (non-hydrogen) atoms. The number of rotatable bonds is 7. The number of para-hydroxylation sites is 1. The Bertz CT molecular complexity index is 2630. The summed E-state index contributed by atoms with van der Waals surface area (Å²) in [7, 11) is 0. The van der Waals surface area contributed by atoms with Crippen molar-refractivity contribution in [2.45, 2.75) is 26.3 Å². The van der Waals surface area contributed by atoms with Crippen LogP contribution in [-0.4, -0.2) is 51.6 Å². The van der Waals surface area contributed by atoms with Gasteiger partial charge >= 0.3 is 11.8 Å². The predicted molar refractivity (Wildman–Crippen MR) is 187 cm³/mol.